The second-order valence-electron chi connectivity index (χ2n) is 4.00. The molecule has 1 unspecified atom stereocenters. The largest absolute Gasteiger partial charge is 0.344 e. The minimum absolute atomic E-state index is 0.104. The van der Waals surface area contributed by atoms with Gasteiger partial charge in [0.05, 0.1) is 15.5 Å². The van der Waals surface area contributed by atoms with E-state index in [0.717, 1.165) is 15.0 Å². The number of nitrogens with zero attached hydrogens (tertiary/aromatic N) is 1. The van der Waals surface area contributed by atoms with Crippen LogP contribution in [-0.4, -0.2) is 10.9 Å². The van der Waals surface area contributed by atoms with E-state index in [0.29, 0.717) is 0 Å². The molecule has 98 valence electrons. The van der Waals surface area contributed by atoms with Gasteiger partial charge in [0.25, 0.3) is 0 Å². The molecule has 0 aliphatic rings. The lowest BCUT2D eigenvalue weighted by molar-refractivity contribution is -0.117. The van der Waals surface area contributed by atoms with Gasteiger partial charge in [0.2, 0.25) is 5.91 Å². The molecule has 2 aromatic heterocycles. The molecule has 0 bridgehead atoms. The van der Waals surface area contributed by atoms with Crippen molar-refractivity contribution in [1.29, 1.82) is 0 Å². The molecule has 1 N–H and O–H groups in total. The number of pyridine rings is 1. The first-order valence-electron chi connectivity index (χ1n) is 5.78. The molecule has 1 atom stereocenters. The number of aromatic nitrogens is 1. The highest BCUT2D eigenvalue weighted by Crippen LogP contribution is 2.21. The maximum absolute atomic E-state index is 11.8. The first-order valence-corrected chi connectivity index (χ1v) is 7.46. The summed E-state index contributed by atoms with van der Waals surface area (Å²) in [6.45, 7) is 1.91. The Bertz CT molecular complexity index is 580. The van der Waals surface area contributed by atoms with Crippen molar-refractivity contribution >= 4 is 39.2 Å². The normalized spacial score (nSPS) is 12.5. The maximum atomic E-state index is 11.8. The summed E-state index contributed by atoms with van der Waals surface area (Å²) in [5.74, 6) is -0.125. The topological polar surface area (TPSA) is 42.0 Å². The molecule has 19 heavy (non-hydrogen) atoms. The van der Waals surface area contributed by atoms with E-state index in [9.17, 15) is 4.79 Å². The first-order chi connectivity index (χ1) is 9.15. The van der Waals surface area contributed by atoms with Crippen LogP contribution in [0.5, 0.6) is 0 Å². The number of hydrogen-bond donors (Lipinski definition) is 1. The second kappa shape index (κ2) is 6.63. The summed E-state index contributed by atoms with van der Waals surface area (Å²) in [4.78, 5) is 16.0. The van der Waals surface area contributed by atoms with Gasteiger partial charge in [-0.15, -0.1) is 11.3 Å². The summed E-state index contributed by atoms with van der Waals surface area (Å²) in [7, 11) is 0. The van der Waals surface area contributed by atoms with Gasteiger partial charge in [-0.1, -0.05) is 6.07 Å². The zero-order valence-corrected chi connectivity index (χ0v) is 12.7. The molecule has 3 nitrogen and oxygen atoms in total. The Morgan fingerprint density at radius 1 is 1.53 bits per heavy atom. The molecule has 2 rings (SSSR count). The zero-order chi connectivity index (χ0) is 13.7. The Hall–Kier alpha value is -1.46. The summed E-state index contributed by atoms with van der Waals surface area (Å²) >= 11 is 4.98. The smallest absolute Gasteiger partial charge is 0.244 e. The van der Waals surface area contributed by atoms with Crippen LogP contribution in [0.2, 0.25) is 0 Å². The highest BCUT2D eigenvalue weighted by Gasteiger charge is 2.07. The Morgan fingerprint density at radius 3 is 3.00 bits per heavy atom. The van der Waals surface area contributed by atoms with Crippen LogP contribution in [0.1, 0.15) is 24.2 Å². The molecular weight excluding hydrogens is 324 g/mol. The molecule has 0 saturated carbocycles. The van der Waals surface area contributed by atoms with Crippen molar-refractivity contribution in [1.82, 2.24) is 10.3 Å². The number of carbonyl (C=O) groups is 1. The molecule has 2 heterocycles. The van der Waals surface area contributed by atoms with Crippen LogP contribution in [0, 0.1) is 0 Å². The van der Waals surface area contributed by atoms with Crippen molar-refractivity contribution in [2.24, 2.45) is 0 Å². The second-order valence-corrected chi connectivity index (χ2v) is 6.29. The van der Waals surface area contributed by atoms with Gasteiger partial charge in [-0.05, 0) is 58.1 Å². The van der Waals surface area contributed by atoms with Crippen molar-refractivity contribution in [2.75, 3.05) is 0 Å². The predicted molar refractivity (Wildman–Crippen MR) is 81.8 cm³/mol. The maximum Gasteiger partial charge on any atom is 0.244 e. The average molecular weight is 337 g/mol. The number of nitrogens with one attached hydrogen (secondary N) is 1. The molecule has 0 aliphatic carbocycles. The molecule has 0 fully saturated rings. The SMILES string of the molecule is CC(NC(=O)/C=C/c1csc(Br)c1)c1ccccn1. The number of thiophene rings is 1. The fourth-order valence-electron chi connectivity index (χ4n) is 1.55. The molecular formula is C14H13BrN2OS. The number of carbonyl (C=O) groups excluding carboxylic acids is 1. The number of amides is 1. The van der Waals surface area contributed by atoms with E-state index in [1.165, 1.54) is 6.08 Å². The third-order valence-electron chi connectivity index (χ3n) is 2.51. The van der Waals surface area contributed by atoms with Crippen LogP contribution in [0.25, 0.3) is 6.08 Å². The fourth-order valence-corrected chi connectivity index (χ4v) is 2.69. The summed E-state index contributed by atoms with van der Waals surface area (Å²) in [6, 6.07) is 7.52. The average Bonchev–Trinajstić information content (AvgIpc) is 2.83. The molecule has 0 saturated heterocycles. The third kappa shape index (κ3) is 4.29. The van der Waals surface area contributed by atoms with E-state index in [1.54, 1.807) is 23.6 Å². The lowest BCUT2D eigenvalue weighted by atomic mass is 10.2. The minimum Gasteiger partial charge on any atom is -0.344 e. The summed E-state index contributed by atoms with van der Waals surface area (Å²) < 4.78 is 1.05. The minimum atomic E-state index is -0.125. The van der Waals surface area contributed by atoms with Crippen LogP contribution < -0.4 is 5.32 Å². The predicted octanol–water partition coefficient (Wildman–Crippen LogP) is 3.80. The third-order valence-corrected chi connectivity index (χ3v) is 4.03. The molecule has 5 heteroatoms. The fraction of sp³-hybridized carbons (Fsp3) is 0.143. The van der Waals surface area contributed by atoms with Gasteiger partial charge in [-0.2, -0.15) is 0 Å². The quantitative estimate of drug-likeness (QED) is 0.863. The van der Waals surface area contributed by atoms with Crippen molar-refractivity contribution in [3.63, 3.8) is 0 Å². The summed E-state index contributed by atoms with van der Waals surface area (Å²) in [6.07, 6.45) is 5.05. The highest BCUT2D eigenvalue weighted by molar-refractivity contribution is 9.11. The van der Waals surface area contributed by atoms with E-state index in [-0.39, 0.29) is 11.9 Å². The molecule has 2 aromatic rings. The van der Waals surface area contributed by atoms with Crippen molar-refractivity contribution < 1.29 is 4.79 Å². The van der Waals surface area contributed by atoms with E-state index in [4.69, 9.17) is 0 Å². The van der Waals surface area contributed by atoms with Gasteiger partial charge >= 0.3 is 0 Å². The molecule has 0 radical (unpaired) electrons. The molecule has 1 amide bonds. The Kier molecular flexibility index (Phi) is 4.87. The van der Waals surface area contributed by atoms with Crippen LogP contribution in [0.4, 0.5) is 0 Å². The number of hydrogen-bond acceptors (Lipinski definition) is 3. The van der Waals surface area contributed by atoms with Crippen LogP contribution >= 0.6 is 27.3 Å². The summed E-state index contributed by atoms with van der Waals surface area (Å²) in [5.41, 5.74) is 1.86. The first kappa shape index (κ1) is 14.0. The highest BCUT2D eigenvalue weighted by atomic mass is 79.9. The van der Waals surface area contributed by atoms with E-state index in [1.807, 2.05) is 36.6 Å². The van der Waals surface area contributed by atoms with Gasteiger partial charge < -0.3 is 5.32 Å². The zero-order valence-electron chi connectivity index (χ0n) is 10.3. The van der Waals surface area contributed by atoms with E-state index in [2.05, 4.69) is 26.2 Å². The van der Waals surface area contributed by atoms with Crippen LogP contribution in [-0.2, 0) is 4.79 Å². The van der Waals surface area contributed by atoms with Crippen molar-refractivity contribution in [3.8, 4) is 0 Å². The van der Waals surface area contributed by atoms with Gasteiger partial charge in [0, 0.05) is 12.3 Å². The number of rotatable bonds is 4. The van der Waals surface area contributed by atoms with E-state index < -0.39 is 0 Å². The lowest BCUT2D eigenvalue weighted by Crippen LogP contribution is -2.25. The van der Waals surface area contributed by atoms with Crippen LogP contribution in [0.15, 0.2) is 45.7 Å². The van der Waals surface area contributed by atoms with Crippen LogP contribution in [0.3, 0.4) is 0 Å². The Morgan fingerprint density at radius 2 is 2.37 bits per heavy atom. The molecule has 0 aromatic carbocycles. The van der Waals surface area contributed by atoms with Gasteiger partial charge in [0.15, 0.2) is 0 Å². The van der Waals surface area contributed by atoms with E-state index >= 15 is 0 Å². The monoisotopic (exact) mass is 336 g/mol. The summed E-state index contributed by atoms with van der Waals surface area (Å²) in [5, 5.41) is 4.86. The standard InChI is InChI=1S/C14H13BrN2OS/c1-10(12-4-2-3-7-16-12)17-14(18)6-5-11-8-13(15)19-9-11/h2-10H,1H3,(H,17,18)/b6-5+. The molecule has 0 spiro atoms. The van der Waals surface area contributed by atoms with Gasteiger partial charge in [-0.25, -0.2) is 0 Å². The number of halogens is 1. The Labute approximate surface area is 124 Å². The van der Waals surface area contributed by atoms with Gasteiger partial charge in [-0.3, -0.25) is 9.78 Å². The van der Waals surface area contributed by atoms with Gasteiger partial charge in [0.1, 0.15) is 0 Å². The van der Waals surface area contributed by atoms with Crippen molar-refractivity contribution in [3.05, 3.63) is 57.0 Å². The molecule has 0 aliphatic heterocycles. The van der Waals surface area contributed by atoms with Crippen molar-refractivity contribution in [2.45, 2.75) is 13.0 Å². The lowest BCUT2D eigenvalue weighted by Gasteiger charge is -2.11. The Balaban J connectivity index is 1.93.